The second-order valence-corrected chi connectivity index (χ2v) is 8.80. The summed E-state index contributed by atoms with van der Waals surface area (Å²) in [5.41, 5.74) is 0.767. The van der Waals surface area contributed by atoms with Gasteiger partial charge in [-0.05, 0) is 66.8 Å². The lowest BCUT2D eigenvalue weighted by atomic mass is 9.86. The number of anilines is 1. The fraction of sp³-hybridized carbons (Fsp3) is 0.458. The number of ether oxygens (including phenoxy) is 1. The number of aliphatic hydroxyl groups is 1. The van der Waals surface area contributed by atoms with Crippen LogP contribution in [0.15, 0.2) is 36.5 Å². The first kappa shape index (κ1) is 28.1. The van der Waals surface area contributed by atoms with Gasteiger partial charge in [0.25, 0.3) is 0 Å². The number of aromatic nitrogens is 1. The maximum atomic E-state index is 12.3. The Morgan fingerprint density at radius 1 is 1.21 bits per heavy atom. The summed E-state index contributed by atoms with van der Waals surface area (Å²) in [6.45, 7) is 8.42. The number of carbonyl (C=O) groups excluding carboxylic acids is 1. The third-order valence-corrected chi connectivity index (χ3v) is 5.23. The van der Waals surface area contributed by atoms with Crippen LogP contribution in [0.4, 0.5) is 14.5 Å². The molecule has 0 saturated heterocycles. The summed E-state index contributed by atoms with van der Waals surface area (Å²) in [4.78, 5) is 15.1. The number of carbonyl (C=O) groups is 1. The van der Waals surface area contributed by atoms with Gasteiger partial charge in [0.1, 0.15) is 11.4 Å². The van der Waals surface area contributed by atoms with Crippen LogP contribution in [0.1, 0.15) is 63.2 Å². The number of alkyl halides is 2. The number of hydrogen-bond donors (Lipinski definition) is 4. The van der Waals surface area contributed by atoms with Gasteiger partial charge in [-0.1, -0.05) is 12.1 Å². The van der Waals surface area contributed by atoms with Gasteiger partial charge in [0.2, 0.25) is 0 Å². The standard InChI is InChI=1S/C17H17F2N3O2.C7H17NO/c1-10(2)22-14-6-11(9-23)8-21-16(14)15(20)12-4-3-5-13(7-12)24-17(18)19;1-6(2,8-5)7(3,4)9/h3-10,17,20,22H,1-2H3;8-9H,1-5H3. The normalized spacial score (nSPS) is 11.6. The Kier molecular flexibility index (Phi) is 10.1. The van der Waals surface area contributed by atoms with Gasteiger partial charge in [0, 0.05) is 28.9 Å². The Hall–Kier alpha value is -2.91. The van der Waals surface area contributed by atoms with E-state index in [4.69, 9.17) is 5.41 Å². The van der Waals surface area contributed by atoms with E-state index in [0.29, 0.717) is 28.8 Å². The Morgan fingerprint density at radius 2 is 1.85 bits per heavy atom. The zero-order valence-electron chi connectivity index (χ0n) is 20.2. The molecule has 0 bridgehead atoms. The SMILES string of the molecule is CC(C)Nc1cc(C=O)cnc1C(=N)c1cccc(OC(F)F)c1.CNC(C)(C)C(C)(C)O. The van der Waals surface area contributed by atoms with Crippen molar-refractivity contribution in [2.45, 2.75) is 65.3 Å². The van der Waals surface area contributed by atoms with E-state index in [1.54, 1.807) is 26.0 Å². The van der Waals surface area contributed by atoms with E-state index in [-0.39, 0.29) is 23.0 Å². The van der Waals surface area contributed by atoms with Crippen LogP contribution in [0.3, 0.4) is 0 Å². The Labute approximate surface area is 194 Å². The van der Waals surface area contributed by atoms with Crippen LogP contribution >= 0.6 is 0 Å². The van der Waals surface area contributed by atoms with Crippen LogP contribution in [0.25, 0.3) is 0 Å². The Balaban J connectivity index is 0.000000513. The minimum atomic E-state index is -2.93. The molecule has 0 amide bonds. The highest BCUT2D eigenvalue weighted by Gasteiger charge is 2.32. The van der Waals surface area contributed by atoms with E-state index in [9.17, 15) is 18.7 Å². The van der Waals surface area contributed by atoms with Gasteiger partial charge in [-0.3, -0.25) is 15.2 Å². The average Bonchev–Trinajstić information content (AvgIpc) is 2.72. The van der Waals surface area contributed by atoms with Crippen molar-refractivity contribution < 1.29 is 23.4 Å². The van der Waals surface area contributed by atoms with Crippen LogP contribution in [-0.4, -0.2) is 52.9 Å². The number of halogens is 2. The molecule has 4 N–H and O–H groups in total. The van der Waals surface area contributed by atoms with Crippen molar-refractivity contribution in [3.63, 3.8) is 0 Å². The molecule has 182 valence electrons. The van der Waals surface area contributed by atoms with E-state index in [0.717, 1.165) is 0 Å². The molecular weight excluding hydrogens is 430 g/mol. The van der Waals surface area contributed by atoms with Gasteiger partial charge < -0.3 is 20.5 Å². The lowest BCUT2D eigenvalue weighted by Crippen LogP contribution is -2.54. The molecule has 0 aliphatic carbocycles. The number of pyridine rings is 1. The Bertz CT molecular complexity index is 942. The third-order valence-electron chi connectivity index (χ3n) is 5.23. The lowest BCUT2D eigenvalue weighted by Gasteiger charge is -2.36. The van der Waals surface area contributed by atoms with Crippen molar-refractivity contribution in [2.24, 2.45) is 0 Å². The molecule has 7 nitrogen and oxygen atoms in total. The number of benzene rings is 1. The molecular formula is C24H34F2N4O3. The number of nitrogens with one attached hydrogen (secondary N) is 3. The predicted octanol–water partition coefficient (Wildman–Crippen LogP) is 4.49. The summed E-state index contributed by atoms with van der Waals surface area (Å²) in [6, 6.07) is 7.53. The van der Waals surface area contributed by atoms with E-state index < -0.39 is 12.2 Å². The molecule has 1 aromatic carbocycles. The van der Waals surface area contributed by atoms with E-state index in [2.05, 4.69) is 20.4 Å². The number of aldehydes is 1. The zero-order chi connectivity index (χ0) is 25.4. The molecule has 1 heterocycles. The highest BCUT2D eigenvalue weighted by Crippen LogP contribution is 2.23. The monoisotopic (exact) mass is 464 g/mol. The molecule has 0 unspecified atom stereocenters. The fourth-order valence-electron chi connectivity index (χ4n) is 2.44. The van der Waals surface area contributed by atoms with E-state index in [1.807, 2.05) is 34.7 Å². The zero-order valence-corrected chi connectivity index (χ0v) is 20.2. The molecule has 0 fully saturated rings. The van der Waals surface area contributed by atoms with Crippen molar-refractivity contribution in [2.75, 3.05) is 12.4 Å². The van der Waals surface area contributed by atoms with Crippen molar-refractivity contribution in [3.8, 4) is 5.75 Å². The summed E-state index contributed by atoms with van der Waals surface area (Å²) < 4.78 is 29.0. The maximum Gasteiger partial charge on any atom is 0.387 e. The molecule has 2 rings (SSSR count). The summed E-state index contributed by atoms with van der Waals surface area (Å²) in [5, 5.41) is 24.0. The van der Waals surface area contributed by atoms with Crippen molar-refractivity contribution >= 4 is 17.7 Å². The fourth-order valence-corrected chi connectivity index (χ4v) is 2.44. The number of hydrogen-bond acceptors (Lipinski definition) is 7. The van der Waals surface area contributed by atoms with Gasteiger partial charge in [0.05, 0.1) is 17.0 Å². The summed E-state index contributed by atoms with van der Waals surface area (Å²) in [6.07, 6.45) is 2.03. The molecule has 0 aliphatic rings. The van der Waals surface area contributed by atoms with Crippen molar-refractivity contribution in [1.29, 1.82) is 5.41 Å². The summed E-state index contributed by atoms with van der Waals surface area (Å²) in [5.74, 6) is -0.0323. The molecule has 9 heteroatoms. The quantitative estimate of drug-likeness (QED) is 0.322. The first-order chi connectivity index (χ1) is 15.2. The van der Waals surface area contributed by atoms with Gasteiger partial charge in [-0.25, -0.2) is 0 Å². The lowest BCUT2D eigenvalue weighted by molar-refractivity contribution is -0.0498. The van der Waals surface area contributed by atoms with E-state index >= 15 is 0 Å². The molecule has 0 aliphatic heterocycles. The van der Waals surface area contributed by atoms with Crippen LogP contribution < -0.4 is 15.4 Å². The molecule has 0 spiro atoms. The number of rotatable bonds is 9. The second-order valence-electron chi connectivity index (χ2n) is 8.80. The minimum absolute atomic E-state index is 0.0323. The predicted molar refractivity (Wildman–Crippen MR) is 127 cm³/mol. The molecule has 2 aromatic rings. The maximum absolute atomic E-state index is 12.3. The number of nitrogens with zero attached hydrogens (tertiary/aromatic N) is 1. The molecule has 33 heavy (non-hydrogen) atoms. The topological polar surface area (TPSA) is 107 Å². The van der Waals surface area contributed by atoms with Crippen LogP contribution in [0, 0.1) is 5.41 Å². The smallest absolute Gasteiger partial charge is 0.387 e. The second kappa shape index (κ2) is 11.8. The van der Waals surface area contributed by atoms with Gasteiger partial charge in [0.15, 0.2) is 6.29 Å². The first-order valence-corrected chi connectivity index (χ1v) is 10.5. The summed E-state index contributed by atoms with van der Waals surface area (Å²) >= 11 is 0. The van der Waals surface area contributed by atoms with E-state index in [1.165, 1.54) is 24.4 Å². The highest BCUT2D eigenvalue weighted by atomic mass is 19.3. The van der Waals surface area contributed by atoms with Gasteiger partial charge >= 0.3 is 6.61 Å². The van der Waals surface area contributed by atoms with Crippen molar-refractivity contribution in [1.82, 2.24) is 10.3 Å². The largest absolute Gasteiger partial charge is 0.435 e. The van der Waals surface area contributed by atoms with Gasteiger partial charge in [-0.15, -0.1) is 0 Å². The molecule has 1 aromatic heterocycles. The minimum Gasteiger partial charge on any atom is -0.435 e. The Morgan fingerprint density at radius 3 is 2.30 bits per heavy atom. The molecule has 0 saturated carbocycles. The molecule has 0 radical (unpaired) electrons. The summed E-state index contributed by atoms with van der Waals surface area (Å²) in [7, 11) is 1.85. The number of likely N-dealkylation sites (N-methyl/N-ethyl adjacent to an activating group) is 1. The van der Waals surface area contributed by atoms with Crippen LogP contribution in [0.2, 0.25) is 0 Å². The van der Waals surface area contributed by atoms with Crippen LogP contribution in [0.5, 0.6) is 5.75 Å². The average molecular weight is 465 g/mol. The third kappa shape index (κ3) is 8.51. The van der Waals surface area contributed by atoms with Crippen LogP contribution in [-0.2, 0) is 0 Å². The molecule has 0 atom stereocenters. The van der Waals surface area contributed by atoms with Gasteiger partial charge in [-0.2, -0.15) is 8.78 Å². The highest BCUT2D eigenvalue weighted by molar-refractivity contribution is 6.13. The van der Waals surface area contributed by atoms with Crippen molar-refractivity contribution in [3.05, 3.63) is 53.3 Å². The first-order valence-electron chi connectivity index (χ1n) is 10.5.